The van der Waals surface area contributed by atoms with Crippen LogP contribution in [0.5, 0.6) is 0 Å². The van der Waals surface area contributed by atoms with Crippen molar-refractivity contribution < 1.29 is 19.1 Å². The number of carbonyl (C=O) groups excluding carboxylic acids is 1. The number of halogens is 1. The molecule has 0 spiro atoms. The Morgan fingerprint density at radius 3 is 2.56 bits per heavy atom. The molecule has 0 saturated carbocycles. The molecular formula is C27H26FN3O3. The van der Waals surface area contributed by atoms with Crippen molar-refractivity contribution in [3.8, 4) is 0 Å². The van der Waals surface area contributed by atoms with Gasteiger partial charge in [0.15, 0.2) is 0 Å². The number of carbonyl (C=O) groups is 2. The van der Waals surface area contributed by atoms with Gasteiger partial charge in [-0.15, -0.1) is 0 Å². The molecule has 1 heterocycles. The van der Waals surface area contributed by atoms with Crippen LogP contribution in [0.25, 0.3) is 11.3 Å². The lowest BCUT2D eigenvalue weighted by Crippen LogP contribution is -2.15. The van der Waals surface area contributed by atoms with Crippen LogP contribution >= 0.6 is 0 Å². The Bertz CT molecular complexity index is 1280. The second-order valence-corrected chi connectivity index (χ2v) is 8.54. The fourth-order valence-electron chi connectivity index (χ4n) is 3.99. The highest BCUT2D eigenvalue weighted by molar-refractivity contribution is 6.37. The Balaban J connectivity index is 1.81. The highest BCUT2D eigenvalue weighted by atomic mass is 19.1. The summed E-state index contributed by atoms with van der Waals surface area (Å²) in [5.41, 5.74) is 5.11. The van der Waals surface area contributed by atoms with Crippen LogP contribution < -0.4 is 10.6 Å². The third-order valence-electron chi connectivity index (χ3n) is 5.59. The van der Waals surface area contributed by atoms with Gasteiger partial charge >= 0.3 is 5.97 Å². The number of nitrogens with zero attached hydrogens (tertiary/aromatic N) is 1. The van der Waals surface area contributed by atoms with E-state index in [-0.39, 0.29) is 12.3 Å². The van der Waals surface area contributed by atoms with Gasteiger partial charge in [0.2, 0.25) is 0 Å². The number of benzene rings is 3. The van der Waals surface area contributed by atoms with E-state index in [1.165, 1.54) is 12.1 Å². The standard InChI is InChI=1S/C27H26FN3O3/c1-31(2)12-11-17-5-4-8-21(14-17)29-26(19-7-3-6-18(13-19)15-24(32)33)25-22-10-9-20(28)16-23(22)30-27(25)34/h3-10,13-14,16,29H,11-12,15H2,1-2H3,(H,30,34)(H,32,33)/b26-25-. The van der Waals surface area contributed by atoms with Gasteiger partial charge in [-0.1, -0.05) is 30.3 Å². The molecule has 174 valence electrons. The number of fused-ring (bicyclic) bond motifs is 1. The van der Waals surface area contributed by atoms with E-state index in [0.29, 0.717) is 33.6 Å². The van der Waals surface area contributed by atoms with Gasteiger partial charge < -0.3 is 20.6 Å². The number of likely N-dealkylation sites (N-methyl/N-ethyl adjacent to an activating group) is 1. The van der Waals surface area contributed by atoms with E-state index in [1.54, 1.807) is 24.3 Å². The molecule has 1 aliphatic heterocycles. The molecular weight excluding hydrogens is 433 g/mol. The molecule has 0 fully saturated rings. The average Bonchev–Trinajstić information content (AvgIpc) is 3.10. The fourth-order valence-corrected chi connectivity index (χ4v) is 3.99. The zero-order valence-corrected chi connectivity index (χ0v) is 19.1. The molecule has 0 atom stereocenters. The number of aliphatic carboxylic acids is 1. The highest BCUT2D eigenvalue weighted by Crippen LogP contribution is 2.38. The summed E-state index contributed by atoms with van der Waals surface area (Å²) in [5, 5.41) is 15.4. The summed E-state index contributed by atoms with van der Waals surface area (Å²) < 4.78 is 13.8. The van der Waals surface area contributed by atoms with Crippen LogP contribution in [0, 0.1) is 5.82 Å². The molecule has 3 aromatic rings. The maximum Gasteiger partial charge on any atom is 0.307 e. The van der Waals surface area contributed by atoms with Crippen molar-refractivity contribution >= 4 is 34.5 Å². The number of anilines is 2. The lowest BCUT2D eigenvalue weighted by molar-refractivity contribution is -0.136. The summed E-state index contributed by atoms with van der Waals surface area (Å²) in [5.74, 6) is -1.73. The molecule has 3 aromatic carbocycles. The van der Waals surface area contributed by atoms with Gasteiger partial charge in [-0.3, -0.25) is 9.59 Å². The molecule has 0 unspecified atom stereocenters. The molecule has 3 N–H and O–H groups in total. The van der Waals surface area contributed by atoms with Crippen molar-refractivity contribution in [2.75, 3.05) is 31.3 Å². The molecule has 1 aliphatic rings. The molecule has 0 radical (unpaired) electrons. The second-order valence-electron chi connectivity index (χ2n) is 8.54. The van der Waals surface area contributed by atoms with Crippen molar-refractivity contribution in [3.63, 3.8) is 0 Å². The zero-order valence-electron chi connectivity index (χ0n) is 19.1. The minimum Gasteiger partial charge on any atom is -0.481 e. The topological polar surface area (TPSA) is 81.7 Å². The molecule has 34 heavy (non-hydrogen) atoms. The first kappa shape index (κ1) is 23.2. The quantitative estimate of drug-likeness (QED) is 0.433. The fraction of sp³-hybridized carbons (Fsp3) is 0.185. The predicted octanol–water partition coefficient (Wildman–Crippen LogP) is 4.49. The van der Waals surface area contributed by atoms with Crippen molar-refractivity contribution in [1.29, 1.82) is 0 Å². The van der Waals surface area contributed by atoms with Crippen molar-refractivity contribution in [2.45, 2.75) is 12.8 Å². The Morgan fingerprint density at radius 1 is 1.03 bits per heavy atom. The van der Waals surface area contributed by atoms with Crippen LogP contribution in [0.2, 0.25) is 0 Å². The first-order chi connectivity index (χ1) is 16.3. The molecule has 0 aromatic heterocycles. The first-order valence-corrected chi connectivity index (χ1v) is 11.0. The SMILES string of the molecule is CN(C)CCc1cccc(N/C(=C2\C(=O)Nc3cc(F)ccc32)c2cccc(CC(=O)O)c2)c1. The van der Waals surface area contributed by atoms with Gasteiger partial charge in [-0.05, 0) is 73.6 Å². The smallest absolute Gasteiger partial charge is 0.307 e. The minimum absolute atomic E-state index is 0.134. The van der Waals surface area contributed by atoms with E-state index in [4.69, 9.17) is 0 Å². The highest BCUT2D eigenvalue weighted by Gasteiger charge is 2.29. The summed E-state index contributed by atoms with van der Waals surface area (Å²) in [4.78, 5) is 26.4. The van der Waals surface area contributed by atoms with Crippen LogP contribution in [0.1, 0.15) is 22.3 Å². The molecule has 1 amide bonds. The second kappa shape index (κ2) is 9.89. The van der Waals surface area contributed by atoms with Crippen molar-refractivity contribution in [3.05, 3.63) is 94.8 Å². The van der Waals surface area contributed by atoms with E-state index in [2.05, 4.69) is 21.6 Å². The minimum atomic E-state index is -0.938. The molecule has 4 rings (SSSR count). The lowest BCUT2D eigenvalue weighted by atomic mass is 9.98. The Kier molecular flexibility index (Phi) is 6.75. The van der Waals surface area contributed by atoms with Crippen LogP contribution in [-0.4, -0.2) is 42.5 Å². The first-order valence-electron chi connectivity index (χ1n) is 11.0. The third-order valence-corrected chi connectivity index (χ3v) is 5.59. The number of hydrogen-bond donors (Lipinski definition) is 3. The third kappa shape index (κ3) is 5.32. The molecule has 0 saturated heterocycles. The van der Waals surface area contributed by atoms with Gasteiger partial charge in [0.25, 0.3) is 5.91 Å². The Labute approximate surface area is 197 Å². The molecule has 0 aliphatic carbocycles. The molecule has 0 bridgehead atoms. The van der Waals surface area contributed by atoms with E-state index in [1.807, 2.05) is 38.4 Å². The number of hydrogen-bond acceptors (Lipinski definition) is 4. The van der Waals surface area contributed by atoms with Crippen LogP contribution in [0.15, 0.2) is 66.7 Å². The summed E-state index contributed by atoms with van der Waals surface area (Å²) in [6, 6.07) is 19.2. The summed E-state index contributed by atoms with van der Waals surface area (Å²) >= 11 is 0. The van der Waals surface area contributed by atoms with Crippen LogP contribution in [-0.2, 0) is 22.4 Å². The zero-order chi connectivity index (χ0) is 24.2. The monoisotopic (exact) mass is 459 g/mol. The predicted molar refractivity (Wildman–Crippen MR) is 132 cm³/mol. The van der Waals surface area contributed by atoms with Gasteiger partial charge in [0.1, 0.15) is 5.82 Å². The van der Waals surface area contributed by atoms with E-state index in [9.17, 15) is 19.1 Å². The Hall–Kier alpha value is -3.97. The summed E-state index contributed by atoms with van der Waals surface area (Å²) in [6.45, 7) is 0.899. The van der Waals surface area contributed by atoms with E-state index < -0.39 is 11.8 Å². The van der Waals surface area contributed by atoms with Gasteiger partial charge in [0.05, 0.1) is 23.4 Å². The van der Waals surface area contributed by atoms with E-state index >= 15 is 0 Å². The van der Waals surface area contributed by atoms with E-state index in [0.717, 1.165) is 24.2 Å². The number of carboxylic acid groups (broad SMARTS) is 1. The van der Waals surface area contributed by atoms with Gasteiger partial charge in [-0.2, -0.15) is 0 Å². The normalized spacial score (nSPS) is 14.1. The number of amides is 1. The van der Waals surface area contributed by atoms with Crippen LogP contribution in [0.4, 0.5) is 15.8 Å². The Morgan fingerprint density at radius 2 is 1.79 bits per heavy atom. The molecule has 7 heteroatoms. The largest absolute Gasteiger partial charge is 0.481 e. The number of rotatable bonds is 8. The summed E-state index contributed by atoms with van der Waals surface area (Å²) in [7, 11) is 4.04. The number of nitrogens with one attached hydrogen (secondary N) is 2. The van der Waals surface area contributed by atoms with Gasteiger partial charge in [0, 0.05) is 17.8 Å². The lowest BCUT2D eigenvalue weighted by Gasteiger charge is -2.17. The maximum absolute atomic E-state index is 13.8. The number of carboxylic acids is 1. The molecule has 6 nitrogen and oxygen atoms in total. The van der Waals surface area contributed by atoms with Gasteiger partial charge in [-0.25, -0.2) is 4.39 Å². The summed E-state index contributed by atoms with van der Waals surface area (Å²) in [6.07, 6.45) is 0.732. The van der Waals surface area contributed by atoms with Crippen molar-refractivity contribution in [2.24, 2.45) is 0 Å². The van der Waals surface area contributed by atoms with Crippen molar-refractivity contribution in [1.82, 2.24) is 4.90 Å². The average molecular weight is 460 g/mol. The van der Waals surface area contributed by atoms with Crippen LogP contribution in [0.3, 0.4) is 0 Å². The maximum atomic E-state index is 13.8.